The molecule has 2 atom stereocenters. The van der Waals surface area contributed by atoms with E-state index in [9.17, 15) is 18.0 Å². The monoisotopic (exact) mass is 345 g/mol. The van der Waals surface area contributed by atoms with E-state index < -0.39 is 18.2 Å². The zero-order valence-electron chi connectivity index (χ0n) is 14.0. The Morgan fingerprint density at radius 3 is 2.58 bits per heavy atom. The van der Waals surface area contributed by atoms with Crippen LogP contribution < -0.4 is 5.32 Å². The third kappa shape index (κ3) is 3.37. The van der Waals surface area contributed by atoms with Crippen molar-refractivity contribution in [2.24, 2.45) is 13.0 Å². The van der Waals surface area contributed by atoms with Gasteiger partial charge in [0, 0.05) is 37.3 Å². The van der Waals surface area contributed by atoms with Crippen LogP contribution in [0.25, 0.3) is 0 Å². The zero-order chi connectivity index (χ0) is 17.6. The Morgan fingerprint density at radius 1 is 1.46 bits per heavy atom. The van der Waals surface area contributed by atoms with E-state index in [-0.39, 0.29) is 37.2 Å². The number of carbonyl (C=O) groups is 1. The molecule has 1 aromatic heterocycles. The van der Waals surface area contributed by atoms with E-state index in [1.807, 2.05) is 13.8 Å². The molecular formula is C16H22F3N3O2. The quantitative estimate of drug-likeness (QED) is 0.879. The number of ether oxygens (including phenoxy) is 1. The molecule has 8 heteroatoms. The number of aryl methyl sites for hydroxylation is 1. The van der Waals surface area contributed by atoms with Gasteiger partial charge in [0.15, 0.2) is 0 Å². The fourth-order valence-corrected chi connectivity index (χ4v) is 3.13. The maximum Gasteiger partial charge on any atom is 0.412 e. The standard InChI is InChI=1S/C16H22F3N3O2/c1-8(2)12-13(10-5-16(18,19)6-10)21-22(3)14(12)20-15(23)24-7-9-4-11(9)17/h8-11H,4-7H2,1-3H3,(H,20,23)/t9-,11+/m0/s1. The maximum absolute atomic E-state index is 13.2. The van der Waals surface area contributed by atoms with Crippen molar-refractivity contribution in [3.8, 4) is 0 Å². The van der Waals surface area contributed by atoms with E-state index in [0.29, 0.717) is 17.9 Å². The molecule has 2 saturated carbocycles. The largest absolute Gasteiger partial charge is 0.449 e. The topological polar surface area (TPSA) is 56.2 Å². The third-order valence-corrected chi connectivity index (χ3v) is 4.65. The molecule has 5 nitrogen and oxygen atoms in total. The van der Waals surface area contributed by atoms with Crippen LogP contribution >= 0.6 is 0 Å². The van der Waals surface area contributed by atoms with Gasteiger partial charge in [0.1, 0.15) is 12.0 Å². The van der Waals surface area contributed by atoms with E-state index in [1.165, 1.54) is 4.68 Å². The summed E-state index contributed by atoms with van der Waals surface area (Å²) in [6.45, 7) is 3.89. The number of nitrogens with one attached hydrogen (secondary N) is 1. The first kappa shape index (κ1) is 17.1. The molecule has 0 radical (unpaired) electrons. The molecule has 24 heavy (non-hydrogen) atoms. The number of anilines is 1. The van der Waals surface area contributed by atoms with Crippen molar-refractivity contribution in [1.82, 2.24) is 9.78 Å². The van der Waals surface area contributed by atoms with Crippen LogP contribution in [0.2, 0.25) is 0 Å². The van der Waals surface area contributed by atoms with E-state index in [1.54, 1.807) is 7.05 Å². The minimum absolute atomic E-state index is 0.0110. The summed E-state index contributed by atoms with van der Waals surface area (Å²) < 4.78 is 45.7. The second-order valence-corrected chi connectivity index (χ2v) is 7.12. The molecule has 134 valence electrons. The molecule has 3 rings (SSSR count). The summed E-state index contributed by atoms with van der Waals surface area (Å²) in [7, 11) is 1.65. The number of nitrogens with zero attached hydrogens (tertiary/aromatic N) is 2. The van der Waals surface area contributed by atoms with Gasteiger partial charge in [-0.3, -0.25) is 10.00 Å². The van der Waals surface area contributed by atoms with Gasteiger partial charge in [-0.25, -0.2) is 18.0 Å². The Balaban J connectivity index is 1.72. The van der Waals surface area contributed by atoms with E-state index in [4.69, 9.17) is 4.74 Å². The minimum atomic E-state index is -2.63. The van der Waals surface area contributed by atoms with Crippen molar-refractivity contribution in [3.05, 3.63) is 11.3 Å². The van der Waals surface area contributed by atoms with Gasteiger partial charge in [-0.05, 0) is 12.3 Å². The van der Waals surface area contributed by atoms with E-state index in [0.717, 1.165) is 5.56 Å². The summed E-state index contributed by atoms with van der Waals surface area (Å²) in [4.78, 5) is 11.9. The fourth-order valence-electron chi connectivity index (χ4n) is 3.13. The first-order valence-electron chi connectivity index (χ1n) is 8.20. The Hall–Kier alpha value is -1.73. The number of aromatic nitrogens is 2. The predicted molar refractivity (Wildman–Crippen MR) is 82.2 cm³/mol. The Labute approximate surface area is 138 Å². The molecule has 0 bridgehead atoms. The summed E-state index contributed by atoms with van der Waals surface area (Å²) in [5, 5.41) is 6.98. The molecule has 1 aromatic rings. The first-order chi connectivity index (χ1) is 11.2. The van der Waals surface area contributed by atoms with E-state index in [2.05, 4.69) is 10.4 Å². The molecule has 2 fully saturated rings. The van der Waals surface area contributed by atoms with E-state index >= 15 is 0 Å². The molecule has 0 aliphatic heterocycles. The third-order valence-electron chi connectivity index (χ3n) is 4.65. The molecule has 1 heterocycles. The lowest BCUT2D eigenvalue weighted by molar-refractivity contribution is -0.0878. The lowest BCUT2D eigenvalue weighted by Gasteiger charge is -2.34. The number of rotatable bonds is 5. The number of hydrogen-bond acceptors (Lipinski definition) is 3. The highest BCUT2D eigenvalue weighted by Gasteiger charge is 2.48. The molecule has 1 amide bonds. The maximum atomic E-state index is 13.2. The first-order valence-corrected chi connectivity index (χ1v) is 8.20. The number of hydrogen-bond donors (Lipinski definition) is 1. The van der Waals surface area contributed by atoms with Crippen molar-refractivity contribution < 1.29 is 22.7 Å². The second-order valence-electron chi connectivity index (χ2n) is 7.12. The van der Waals surface area contributed by atoms with Gasteiger partial charge >= 0.3 is 6.09 Å². The highest BCUT2D eigenvalue weighted by atomic mass is 19.3. The van der Waals surface area contributed by atoms with Gasteiger partial charge in [-0.15, -0.1) is 0 Å². The van der Waals surface area contributed by atoms with Crippen molar-refractivity contribution in [2.75, 3.05) is 11.9 Å². The summed E-state index contributed by atoms with van der Waals surface area (Å²) in [5.41, 5.74) is 1.37. The normalized spacial score (nSPS) is 25.5. The van der Waals surface area contributed by atoms with Crippen LogP contribution in [0, 0.1) is 5.92 Å². The Kier molecular flexibility index (Phi) is 4.25. The lowest BCUT2D eigenvalue weighted by Crippen LogP contribution is -2.34. The van der Waals surface area contributed by atoms with Gasteiger partial charge < -0.3 is 4.74 Å². The van der Waals surface area contributed by atoms with Crippen molar-refractivity contribution in [3.63, 3.8) is 0 Å². The molecule has 0 unspecified atom stereocenters. The molecule has 0 aromatic carbocycles. The van der Waals surface area contributed by atoms with Crippen molar-refractivity contribution in [1.29, 1.82) is 0 Å². The lowest BCUT2D eigenvalue weighted by atomic mass is 9.77. The number of amides is 1. The fraction of sp³-hybridized carbons (Fsp3) is 0.750. The SMILES string of the molecule is CC(C)c1c(C2CC(F)(F)C2)nn(C)c1NC(=O)OC[C@@H]1C[C@H]1F. The Bertz CT molecular complexity index is 637. The molecule has 2 aliphatic rings. The highest BCUT2D eigenvalue weighted by Crippen LogP contribution is 2.50. The predicted octanol–water partition coefficient (Wildman–Crippen LogP) is 3.96. The molecule has 1 N–H and O–H groups in total. The summed E-state index contributed by atoms with van der Waals surface area (Å²) in [5.74, 6) is -2.67. The molecule has 0 spiro atoms. The van der Waals surface area contributed by atoms with Gasteiger partial charge in [0.2, 0.25) is 5.92 Å². The molecule has 2 aliphatic carbocycles. The molecular weight excluding hydrogens is 323 g/mol. The average molecular weight is 345 g/mol. The van der Waals surface area contributed by atoms with Gasteiger partial charge in [0.25, 0.3) is 0 Å². The second kappa shape index (κ2) is 5.97. The summed E-state index contributed by atoms with van der Waals surface area (Å²) >= 11 is 0. The smallest absolute Gasteiger partial charge is 0.412 e. The minimum Gasteiger partial charge on any atom is -0.449 e. The van der Waals surface area contributed by atoms with Crippen LogP contribution in [-0.4, -0.2) is 34.6 Å². The number of halogens is 3. The van der Waals surface area contributed by atoms with Crippen LogP contribution in [0.3, 0.4) is 0 Å². The number of alkyl halides is 3. The zero-order valence-corrected chi connectivity index (χ0v) is 14.0. The van der Waals surface area contributed by atoms with Crippen molar-refractivity contribution in [2.45, 2.75) is 57.0 Å². The van der Waals surface area contributed by atoms with Crippen molar-refractivity contribution >= 4 is 11.9 Å². The van der Waals surface area contributed by atoms with Crippen LogP contribution in [0.4, 0.5) is 23.8 Å². The average Bonchev–Trinajstić information content (AvgIpc) is 3.06. The summed E-state index contributed by atoms with van der Waals surface area (Å²) in [6.07, 6.45) is -1.56. The van der Waals surface area contributed by atoms with Crippen LogP contribution in [-0.2, 0) is 11.8 Å². The number of carbonyl (C=O) groups excluding carboxylic acids is 1. The van der Waals surface area contributed by atoms with Crippen LogP contribution in [0.1, 0.15) is 56.2 Å². The summed E-state index contributed by atoms with van der Waals surface area (Å²) in [6, 6.07) is 0. The highest BCUT2D eigenvalue weighted by molar-refractivity contribution is 5.85. The molecule has 0 saturated heterocycles. The van der Waals surface area contributed by atoms with Gasteiger partial charge in [-0.2, -0.15) is 5.10 Å². The van der Waals surface area contributed by atoms with Gasteiger partial charge in [0.05, 0.1) is 12.3 Å². The van der Waals surface area contributed by atoms with Crippen LogP contribution in [0.5, 0.6) is 0 Å². The Morgan fingerprint density at radius 2 is 2.08 bits per heavy atom. The van der Waals surface area contributed by atoms with Crippen LogP contribution in [0.15, 0.2) is 0 Å². The van der Waals surface area contributed by atoms with Gasteiger partial charge in [-0.1, -0.05) is 13.8 Å².